The summed E-state index contributed by atoms with van der Waals surface area (Å²) in [4.78, 5) is 0. The van der Waals surface area contributed by atoms with Crippen LogP contribution in [0, 0.1) is 41.4 Å². The Kier molecular flexibility index (Phi) is 4.13. The van der Waals surface area contributed by atoms with Gasteiger partial charge in [-0.15, -0.1) is 6.42 Å². The van der Waals surface area contributed by atoms with Crippen LogP contribution in [0.15, 0.2) is 24.3 Å². The second-order valence-corrected chi connectivity index (χ2v) is 4.13. The van der Waals surface area contributed by atoms with Crippen molar-refractivity contribution >= 4 is 5.69 Å². The Morgan fingerprint density at radius 2 is 1.48 bits per heavy atom. The lowest BCUT2D eigenvalue weighted by Crippen LogP contribution is -2.11. The van der Waals surface area contributed by atoms with Crippen molar-refractivity contribution in [2.45, 2.75) is 6.54 Å². The molecule has 0 bridgehead atoms. The molecule has 0 saturated heterocycles. The summed E-state index contributed by atoms with van der Waals surface area (Å²) < 4.78 is 65.9. The zero-order valence-electron chi connectivity index (χ0n) is 10.5. The van der Waals surface area contributed by atoms with Crippen molar-refractivity contribution < 1.29 is 22.0 Å². The molecule has 1 nitrogen and oxygen atoms in total. The van der Waals surface area contributed by atoms with E-state index in [2.05, 4.69) is 11.2 Å². The lowest BCUT2D eigenvalue weighted by Gasteiger charge is -2.10. The fourth-order valence-electron chi connectivity index (χ4n) is 1.71. The Hall–Kier alpha value is -2.55. The average Bonchev–Trinajstić information content (AvgIpc) is 2.51. The van der Waals surface area contributed by atoms with E-state index in [4.69, 9.17) is 6.42 Å². The fourth-order valence-corrected chi connectivity index (χ4v) is 1.71. The van der Waals surface area contributed by atoms with Gasteiger partial charge in [0.25, 0.3) is 0 Å². The summed E-state index contributed by atoms with van der Waals surface area (Å²) in [6.45, 7) is -0.570. The number of hydrogen-bond acceptors (Lipinski definition) is 1. The molecule has 0 aliphatic heterocycles. The second-order valence-electron chi connectivity index (χ2n) is 4.13. The van der Waals surface area contributed by atoms with Gasteiger partial charge in [0.05, 0.1) is 0 Å². The minimum atomic E-state index is -2.18. The molecule has 0 unspecified atom stereocenters. The van der Waals surface area contributed by atoms with Gasteiger partial charge < -0.3 is 5.32 Å². The molecular weight excluding hydrogens is 289 g/mol. The van der Waals surface area contributed by atoms with Crippen LogP contribution in [0.25, 0.3) is 0 Å². The highest BCUT2D eigenvalue weighted by Gasteiger charge is 2.25. The smallest absolute Gasteiger partial charge is 0.200 e. The SMILES string of the molecule is C#Cc1cccc(NCc2c(F)c(F)c(F)c(F)c2F)c1. The van der Waals surface area contributed by atoms with E-state index in [1.165, 1.54) is 6.07 Å². The summed E-state index contributed by atoms with van der Waals surface area (Å²) in [5.74, 6) is -7.47. The van der Waals surface area contributed by atoms with Gasteiger partial charge in [-0.3, -0.25) is 0 Å². The van der Waals surface area contributed by atoms with E-state index in [9.17, 15) is 22.0 Å². The van der Waals surface area contributed by atoms with Crippen molar-refractivity contribution in [3.05, 3.63) is 64.5 Å². The Balaban J connectivity index is 2.30. The largest absolute Gasteiger partial charge is 0.381 e. The van der Waals surface area contributed by atoms with Crippen molar-refractivity contribution in [2.24, 2.45) is 0 Å². The minimum Gasteiger partial charge on any atom is -0.381 e. The molecular formula is C15H8F5N. The van der Waals surface area contributed by atoms with Gasteiger partial charge in [0, 0.05) is 23.4 Å². The summed E-state index contributed by atoms with van der Waals surface area (Å²) in [7, 11) is 0. The van der Waals surface area contributed by atoms with Crippen molar-refractivity contribution in [1.29, 1.82) is 0 Å². The molecule has 108 valence electrons. The van der Waals surface area contributed by atoms with Crippen LogP contribution in [0.4, 0.5) is 27.6 Å². The fraction of sp³-hybridized carbons (Fsp3) is 0.0667. The topological polar surface area (TPSA) is 12.0 Å². The second kappa shape index (κ2) is 5.83. The Labute approximate surface area is 117 Å². The molecule has 0 amide bonds. The molecule has 0 saturated carbocycles. The van der Waals surface area contributed by atoms with E-state index in [1.807, 2.05) is 0 Å². The van der Waals surface area contributed by atoms with Gasteiger partial charge in [-0.25, -0.2) is 22.0 Å². The van der Waals surface area contributed by atoms with E-state index in [1.54, 1.807) is 18.2 Å². The summed E-state index contributed by atoms with van der Waals surface area (Å²) >= 11 is 0. The minimum absolute atomic E-state index is 0.398. The van der Waals surface area contributed by atoms with Crippen LogP contribution < -0.4 is 5.32 Å². The number of halogens is 5. The zero-order valence-corrected chi connectivity index (χ0v) is 10.5. The first-order chi connectivity index (χ1) is 9.95. The van der Waals surface area contributed by atoms with Gasteiger partial charge >= 0.3 is 0 Å². The first-order valence-electron chi connectivity index (χ1n) is 5.76. The monoisotopic (exact) mass is 297 g/mol. The van der Waals surface area contributed by atoms with Gasteiger partial charge in [0.15, 0.2) is 23.3 Å². The highest BCUT2D eigenvalue weighted by molar-refractivity contribution is 5.50. The van der Waals surface area contributed by atoms with E-state index in [0.717, 1.165) is 0 Å². The standard InChI is InChI=1S/C15H8F5N/c1-2-8-4-3-5-9(6-8)21-7-10-11(16)13(18)15(20)14(19)12(10)17/h1,3-6,21H,7H2. The Morgan fingerprint density at radius 1 is 0.905 bits per heavy atom. The molecule has 6 heteroatoms. The molecule has 2 aromatic carbocycles. The maximum absolute atomic E-state index is 13.5. The molecule has 0 aromatic heterocycles. The molecule has 0 atom stereocenters. The summed E-state index contributed by atoms with van der Waals surface area (Å²) in [6, 6.07) is 6.28. The quantitative estimate of drug-likeness (QED) is 0.391. The number of terminal acetylenes is 1. The van der Waals surface area contributed by atoms with Crippen LogP contribution in [0.2, 0.25) is 0 Å². The highest BCUT2D eigenvalue weighted by Crippen LogP contribution is 2.24. The number of hydrogen-bond donors (Lipinski definition) is 1. The molecule has 0 radical (unpaired) electrons. The third-order valence-electron chi connectivity index (χ3n) is 2.80. The van der Waals surface area contributed by atoms with Crippen LogP contribution in [-0.4, -0.2) is 0 Å². The predicted molar refractivity (Wildman–Crippen MR) is 67.9 cm³/mol. The van der Waals surface area contributed by atoms with Crippen LogP contribution in [0.1, 0.15) is 11.1 Å². The van der Waals surface area contributed by atoms with Crippen molar-refractivity contribution in [3.8, 4) is 12.3 Å². The third-order valence-corrected chi connectivity index (χ3v) is 2.80. The van der Waals surface area contributed by atoms with Crippen molar-refractivity contribution in [3.63, 3.8) is 0 Å². The molecule has 2 rings (SSSR count). The zero-order chi connectivity index (χ0) is 15.6. The summed E-state index contributed by atoms with van der Waals surface area (Å²) in [5, 5.41) is 2.56. The van der Waals surface area contributed by atoms with Crippen LogP contribution in [0.5, 0.6) is 0 Å². The Bertz CT molecular complexity index is 705. The number of benzene rings is 2. The van der Waals surface area contributed by atoms with Gasteiger partial charge in [-0.2, -0.15) is 0 Å². The molecule has 0 fully saturated rings. The van der Waals surface area contributed by atoms with E-state index < -0.39 is 41.2 Å². The van der Waals surface area contributed by atoms with Crippen molar-refractivity contribution in [2.75, 3.05) is 5.32 Å². The van der Waals surface area contributed by atoms with Gasteiger partial charge in [-0.1, -0.05) is 12.0 Å². The molecule has 21 heavy (non-hydrogen) atoms. The molecule has 2 aromatic rings. The molecule has 0 spiro atoms. The molecule has 1 N–H and O–H groups in total. The normalized spacial score (nSPS) is 10.3. The summed E-state index contributed by atoms with van der Waals surface area (Å²) in [6.07, 6.45) is 5.19. The first kappa shape index (κ1) is 14.9. The van der Waals surface area contributed by atoms with Crippen LogP contribution in [-0.2, 0) is 6.54 Å². The highest BCUT2D eigenvalue weighted by atomic mass is 19.2. The number of nitrogens with one attached hydrogen (secondary N) is 1. The van der Waals surface area contributed by atoms with Gasteiger partial charge in [0.1, 0.15) is 0 Å². The maximum Gasteiger partial charge on any atom is 0.200 e. The molecule has 0 aliphatic carbocycles. The number of anilines is 1. The predicted octanol–water partition coefficient (Wildman–Crippen LogP) is 3.98. The lowest BCUT2D eigenvalue weighted by molar-refractivity contribution is 0.371. The first-order valence-corrected chi connectivity index (χ1v) is 5.76. The molecule has 0 aliphatic rings. The van der Waals surface area contributed by atoms with Crippen LogP contribution >= 0.6 is 0 Å². The third kappa shape index (κ3) is 2.82. The van der Waals surface area contributed by atoms with E-state index in [0.29, 0.717) is 11.3 Å². The van der Waals surface area contributed by atoms with Crippen LogP contribution in [0.3, 0.4) is 0 Å². The van der Waals surface area contributed by atoms with Crippen molar-refractivity contribution in [1.82, 2.24) is 0 Å². The lowest BCUT2D eigenvalue weighted by atomic mass is 10.1. The van der Waals surface area contributed by atoms with E-state index in [-0.39, 0.29) is 0 Å². The van der Waals surface area contributed by atoms with Gasteiger partial charge in [0.2, 0.25) is 5.82 Å². The summed E-state index contributed by atoms with van der Waals surface area (Å²) in [5.41, 5.74) is -0.0238. The van der Waals surface area contributed by atoms with E-state index >= 15 is 0 Å². The number of rotatable bonds is 3. The maximum atomic E-state index is 13.5. The Morgan fingerprint density at radius 3 is 2.05 bits per heavy atom. The van der Waals surface area contributed by atoms with Gasteiger partial charge in [-0.05, 0) is 18.2 Å². The molecule has 0 heterocycles. The average molecular weight is 297 g/mol.